The van der Waals surface area contributed by atoms with Crippen LogP contribution in [-0.2, 0) is 9.53 Å². The summed E-state index contributed by atoms with van der Waals surface area (Å²) in [6.07, 6.45) is -1.51. The number of hydrogen-bond donors (Lipinski definition) is 1. The number of amides is 1. The van der Waals surface area contributed by atoms with Gasteiger partial charge in [-0.25, -0.2) is 8.78 Å². The van der Waals surface area contributed by atoms with Crippen molar-refractivity contribution in [2.75, 3.05) is 18.5 Å². The fourth-order valence-electron chi connectivity index (χ4n) is 1.31. The Labute approximate surface area is 109 Å². The average molecular weight is 316 g/mol. The molecule has 0 aliphatic rings. The molecule has 102 valence electrons. The second-order valence-corrected chi connectivity index (χ2v) is 4.90. The van der Waals surface area contributed by atoms with Gasteiger partial charge in [0.2, 0.25) is 5.91 Å². The summed E-state index contributed by atoms with van der Waals surface area (Å²) >= 11 is 3.33. The number of ether oxygens (including phenoxy) is 1. The van der Waals surface area contributed by atoms with Gasteiger partial charge in [-0.05, 0) is 12.3 Å². The fourth-order valence-corrected chi connectivity index (χ4v) is 1.80. The molecule has 0 fully saturated rings. The molecule has 0 aromatic rings. The van der Waals surface area contributed by atoms with E-state index in [0.717, 1.165) is 11.8 Å². The molecule has 17 heavy (non-hydrogen) atoms. The Balaban J connectivity index is 3.75. The summed E-state index contributed by atoms with van der Waals surface area (Å²) in [7, 11) is 0. The van der Waals surface area contributed by atoms with E-state index in [-0.39, 0.29) is 25.0 Å². The lowest BCUT2D eigenvalue weighted by Crippen LogP contribution is -2.39. The zero-order valence-electron chi connectivity index (χ0n) is 10.2. The van der Waals surface area contributed by atoms with Crippen molar-refractivity contribution < 1.29 is 18.3 Å². The number of carbonyl (C=O) groups excluding carboxylic acids is 1. The third-order valence-corrected chi connectivity index (χ3v) is 2.75. The average Bonchev–Trinajstić information content (AvgIpc) is 2.23. The van der Waals surface area contributed by atoms with Gasteiger partial charge < -0.3 is 10.1 Å². The second kappa shape index (κ2) is 9.76. The standard InChI is InChI=1S/C11H20BrF2NO2/c1-8(2)9(3-5-12)15-11(16)4-6-17-7-10(13)14/h8-10H,3-7H2,1-2H3,(H,15,16). The number of halogens is 3. The SMILES string of the molecule is CC(C)C(CCBr)NC(=O)CCOCC(F)F. The Hall–Kier alpha value is -0.230. The molecule has 3 nitrogen and oxygen atoms in total. The highest BCUT2D eigenvalue weighted by Gasteiger charge is 2.15. The predicted octanol–water partition coefficient (Wildman–Crippen LogP) is 2.58. The molecule has 1 unspecified atom stereocenters. The Bertz CT molecular complexity index is 216. The molecule has 0 aliphatic carbocycles. The van der Waals surface area contributed by atoms with Crippen molar-refractivity contribution in [3.63, 3.8) is 0 Å². The summed E-state index contributed by atoms with van der Waals surface area (Å²) in [6, 6.07) is 0.108. The molecule has 6 heteroatoms. The van der Waals surface area contributed by atoms with E-state index in [2.05, 4.69) is 26.0 Å². The molecule has 0 spiro atoms. The fraction of sp³-hybridized carbons (Fsp3) is 0.909. The van der Waals surface area contributed by atoms with Gasteiger partial charge in [-0.1, -0.05) is 29.8 Å². The van der Waals surface area contributed by atoms with E-state index in [4.69, 9.17) is 0 Å². The van der Waals surface area contributed by atoms with Crippen LogP contribution in [0.2, 0.25) is 0 Å². The van der Waals surface area contributed by atoms with Crippen molar-refractivity contribution in [2.24, 2.45) is 5.92 Å². The van der Waals surface area contributed by atoms with E-state index in [1.54, 1.807) is 0 Å². The molecule has 0 aromatic carbocycles. The van der Waals surface area contributed by atoms with Crippen LogP contribution in [0.3, 0.4) is 0 Å². The minimum atomic E-state index is -2.48. The first kappa shape index (κ1) is 16.8. The van der Waals surface area contributed by atoms with Crippen molar-refractivity contribution in [3.8, 4) is 0 Å². The lowest BCUT2D eigenvalue weighted by molar-refractivity contribution is -0.123. The minimum absolute atomic E-state index is 0.0370. The molecule has 0 rings (SSSR count). The molecular weight excluding hydrogens is 296 g/mol. The lowest BCUT2D eigenvalue weighted by atomic mass is 10.0. The topological polar surface area (TPSA) is 38.3 Å². The van der Waals surface area contributed by atoms with Crippen LogP contribution in [0.4, 0.5) is 8.78 Å². The van der Waals surface area contributed by atoms with Crippen LogP contribution in [0.1, 0.15) is 26.7 Å². The monoisotopic (exact) mass is 315 g/mol. The highest BCUT2D eigenvalue weighted by molar-refractivity contribution is 9.09. The van der Waals surface area contributed by atoms with Crippen LogP contribution in [0.5, 0.6) is 0 Å². The number of hydrogen-bond acceptors (Lipinski definition) is 2. The number of nitrogens with one attached hydrogen (secondary N) is 1. The molecule has 1 amide bonds. The van der Waals surface area contributed by atoms with Crippen LogP contribution in [0, 0.1) is 5.92 Å². The van der Waals surface area contributed by atoms with Gasteiger partial charge in [-0.3, -0.25) is 4.79 Å². The Morgan fingerprint density at radius 2 is 2.06 bits per heavy atom. The Morgan fingerprint density at radius 3 is 2.53 bits per heavy atom. The minimum Gasteiger partial charge on any atom is -0.375 e. The molecule has 1 atom stereocenters. The van der Waals surface area contributed by atoms with Gasteiger partial charge in [0.05, 0.1) is 6.61 Å². The van der Waals surface area contributed by atoms with Gasteiger partial charge >= 0.3 is 0 Å². The molecule has 1 N–H and O–H groups in total. The molecule has 0 heterocycles. The summed E-state index contributed by atoms with van der Waals surface area (Å²) in [4.78, 5) is 11.5. The first-order valence-electron chi connectivity index (χ1n) is 5.68. The Morgan fingerprint density at radius 1 is 1.41 bits per heavy atom. The maximum atomic E-state index is 11.7. The zero-order chi connectivity index (χ0) is 13.3. The third kappa shape index (κ3) is 9.47. The van der Waals surface area contributed by atoms with Crippen molar-refractivity contribution in [3.05, 3.63) is 0 Å². The van der Waals surface area contributed by atoms with Crippen molar-refractivity contribution in [1.29, 1.82) is 0 Å². The van der Waals surface area contributed by atoms with Crippen molar-refractivity contribution in [2.45, 2.75) is 39.2 Å². The first-order valence-corrected chi connectivity index (χ1v) is 6.80. The number of rotatable bonds is 9. The summed E-state index contributed by atoms with van der Waals surface area (Å²) in [5.74, 6) is 0.192. The van der Waals surface area contributed by atoms with Gasteiger partial charge in [-0.2, -0.15) is 0 Å². The molecule has 0 saturated heterocycles. The highest BCUT2D eigenvalue weighted by atomic mass is 79.9. The van der Waals surface area contributed by atoms with Crippen molar-refractivity contribution >= 4 is 21.8 Å². The largest absolute Gasteiger partial charge is 0.375 e. The summed E-state index contributed by atoms with van der Waals surface area (Å²) in [5, 5.41) is 3.69. The third-order valence-electron chi connectivity index (χ3n) is 2.29. The normalized spacial score (nSPS) is 13.1. The van der Waals surface area contributed by atoms with Gasteiger partial charge in [0, 0.05) is 17.8 Å². The zero-order valence-corrected chi connectivity index (χ0v) is 11.8. The van der Waals surface area contributed by atoms with E-state index in [1.165, 1.54) is 0 Å². The van der Waals surface area contributed by atoms with E-state index in [9.17, 15) is 13.6 Å². The maximum absolute atomic E-state index is 11.7. The molecule has 0 aromatic heterocycles. The predicted molar refractivity (Wildman–Crippen MR) is 66.6 cm³/mol. The van der Waals surface area contributed by atoms with Gasteiger partial charge in [0.15, 0.2) is 0 Å². The Kier molecular flexibility index (Phi) is 9.63. The van der Waals surface area contributed by atoms with Gasteiger partial charge in [0.1, 0.15) is 6.61 Å². The van der Waals surface area contributed by atoms with E-state index >= 15 is 0 Å². The highest BCUT2D eigenvalue weighted by Crippen LogP contribution is 2.08. The van der Waals surface area contributed by atoms with Crippen LogP contribution >= 0.6 is 15.9 Å². The van der Waals surface area contributed by atoms with Crippen LogP contribution < -0.4 is 5.32 Å². The molecule has 0 saturated carbocycles. The summed E-state index contributed by atoms with van der Waals surface area (Å²) < 4.78 is 28.1. The first-order chi connectivity index (χ1) is 7.97. The maximum Gasteiger partial charge on any atom is 0.261 e. The van der Waals surface area contributed by atoms with Crippen molar-refractivity contribution in [1.82, 2.24) is 5.32 Å². The summed E-state index contributed by atoms with van der Waals surface area (Å²) in [6.45, 7) is 3.49. The molecule has 0 bridgehead atoms. The van der Waals surface area contributed by atoms with Crippen LogP contribution in [0.15, 0.2) is 0 Å². The molecule has 0 radical (unpaired) electrons. The smallest absolute Gasteiger partial charge is 0.261 e. The molecular formula is C11H20BrF2NO2. The number of alkyl halides is 3. The number of carbonyl (C=O) groups is 1. The second-order valence-electron chi connectivity index (χ2n) is 4.11. The van der Waals surface area contributed by atoms with E-state index < -0.39 is 13.0 Å². The van der Waals surface area contributed by atoms with Gasteiger partial charge in [0.25, 0.3) is 6.43 Å². The van der Waals surface area contributed by atoms with E-state index in [1.807, 2.05) is 13.8 Å². The lowest BCUT2D eigenvalue weighted by Gasteiger charge is -2.21. The quantitative estimate of drug-likeness (QED) is 0.524. The van der Waals surface area contributed by atoms with Crippen LogP contribution in [-0.4, -0.2) is 36.9 Å². The van der Waals surface area contributed by atoms with Gasteiger partial charge in [-0.15, -0.1) is 0 Å². The molecule has 0 aliphatic heterocycles. The van der Waals surface area contributed by atoms with Crippen LogP contribution in [0.25, 0.3) is 0 Å². The van der Waals surface area contributed by atoms with E-state index in [0.29, 0.717) is 5.92 Å². The summed E-state index contributed by atoms with van der Waals surface area (Å²) in [5.41, 5.74) is 0.